The highest BCUT2D eigenvalue weighted by atomic mass is 32.1. The lowest BCUT2D eigenvalue weighted by atomic mass is 10.1. The predicted octanol–water partition coefficient (Wildman–Crippen LogP) is 5.87. The topological polar surface area (TPSA) is 121 Å². The van der Waals surface area contributed by atoms with Crippen LogP contribution in [0.2, 0.25) is 0 Å². The Balaban J connectivity index is 1.32. The fourth-order valence-electron chi connectivity index (χ4n) is 3.82. The van der Waals surface area contributed by atoms with Gasteiger partial charge in [-0.3, -0.25) is 5.32 Å². The van der Waals surface area contributed by atoms with Crippen molar-refractivity contribution in [3.63, 3.8) is 0 Å². The summed E-state index contributed by atoms with van der Waals surface area (Å²) in [6.45, 7) is 7.67. The number of carbonyl (C=O) groups excluding carboxylic acids is 1. The van der Waals surface area contributed by atoms with Crippen LogP contribution < -0.4 is 14.8 Å². The number of hydrogen-bond donors (Lipinski definition) is 1. The van der Waals surface area contributed by atoms with Gasteiger partial charge in [-0.15, -0.1) is 11.3 Å². The average Bonchev–Trinajstić information content (AvgIpc) is 3.31. The minimum Gasteiger partial charge on any atom is -0.484 e. The number of hydrogen-bond acceptors (Lipinski definition) is 10. The fraction of sp³-hybridized carbons (Fsp3) is 0.259. The van der Waals surface area contributed by atoms with Crippen molar-refractivity contribution < 1.29 is 23.4 Å². The van der Waals surface area contributed by atoms with Gasteiger partial charge in [0.2, 0.25) is 5.88 Å². The molecule has 2 aromatic carbocycles. The number of nitrogens with zero attached hydrogens (tertiary/aromatic N) is 5. The monoisotopic (exact) mass is 548 g/mol. The molecule has 0 spiro atoms. The highest BCUT2D eigenvalue weighted by Crippen LogP contribution is 2.37. The summed E-state index contributed by atoms with van der Waals surface area (Å²) in [6, 6.07) is 6.85. The number of ether oxygens (including phenoxy) is 3. The normalized spacial score (nSPS) is 11.9. The number of halogens is 1. The molecule has 39 heavy (non-hydrogen) atoms. The molecule has 10 nitrogen and oxygen atoms in total. The summed E-state index contributed by atoms with van der Waals surface area (Å²) >= 11 is 1.39. The molecule has 3 heterocycles. The average molecular weight is 549 g/mol. The zero-order valence-corrected chi connectivity index (χ0v) is 22.5. The third kappa shape index (κ3) is 6.01. The van der Waals surface area contributed by atoms with Crippen LogP contribution in [0.25, 0.3) is 31.8 Å². The molecule has 0 unspecified atom stereocenters. The van der Waals surface area contributed by atoms with E-state index in [1.165, 1.54) is 29.8 Å². The van der Waals surface area contributed by atoms with Crippen LogP contribution in [-0.4, -0.2) is 50.3 Å². The molecule has 1 amide bonds. The van der Waals surface area contributed by atoms with Crippen LogP contribution in [0.5, 0.6) is 11.6 Å². The first-order chi connectivity index (χ1) is 18.8. The van der Waals surface area contributed by atoms with Crippen LogP contribution in [-0.2, 0) is 4.74 Å². The molecule has 3 aromatic heterocycles. The van der Waals surface area contributed by atoms with E-state index in [0.29, 0.717) is 45.6 Å². The number of benzene rings is 2. The number of amides is 1. The molecule has 0 saturated heterocycles. The second-order valence-electron chi connectivity index (χ2n) is 8.76. The zero-order chi connectivity index (χ0) is 27.5. The Labute approximate surface area is 227 Å². The van der Waals surface area contributed by atoms with E-state index in [1.807, 2.05) is 26.0 Å². The van der Waals surface area contributed by atoms with Gasteiger partial charge in [0.1, 0.15) is 23.5 Å². The summed E-state index contributed by atoms with van der Waals surface area (Å²) in [4.78, 5) is 33.8. The lowest BCUT2D eigenvalue weighted by Crippen LogP contribution is -2.24. The number of anilines is 1. The Morgan fingerprint density at radius 1 is 1.05 bits per heavy atom. The van der Waals surface area contributed by atoms with Gasteiger partial charge >= 0.3 is 6.09 Å². The predicted molar refractivity (Wildman–Crippen MR) is 146 cm³/mol. The van der Waals surface area contributed by atoms with Crippen molar-refractivity contribution in [2.75, 3.05) is 18.5 Å². The van der Waals surface area contributed by atoms with Gasteiger partial charge in [0.25, 0.3) is 0 Å². The molecule has 1 N–H and O–H groups in total. The first-order valence-corrected chi connectivity index (χ1v) is 13.0. The SMILES string of the molecule is CCOc1cnc2c(-c3nc4cc(F)c(O[C@@H](C)COC(=O)Nc5cnc(C)nc5)cc4s3)cc(C)cc2n1. The van der Waals surface area contributed by atoms with E-state index in [-0.39, 0.29) is 12.4 Å². The molecule has 0 aliphatic heterocycles. The Morgan fingerprint density at radius 3 is 2.62 bits per heavy atom. The highest BCUT2D eigenvalue weighted by Gasteiger charge is 2.18. The number of carbonyl (C=O) groups is 1. The minimum absolute atomic E-state index is 0.0383. The summed E-state index contributed by atoms with van der Waals surface area (Å²) in [7, 11) is 0. The van der Waals surface area contributed by atoms with Crippen molar-refractivity contribution in [3.05, 3.63) is 60.1 Å². The molecule has 0 fully saturated rings. The number of nitrogens with one attached hydrogen (secondary N) is 1. The van der Waals surface area contributed by atoms with Crippen molar-refractivity contribution in [2.24, 2.45) is 0 Å². The van der Waals surface area contributed by atoms with Crippen molar-refractivity contribution in [3.8, 4) is 22.2 Å². The lowest BCUT2D eigenvalue weighted by Gasteiger charge is -2.15. The molecule has 0 bridgehead atoms. The van der Waals surface area contributed by atoms with E-state index in [1.54, 1.807) is 26.1 Å². The molecule has 5 rings (SSSR count). The second kappa shape index (κ2) is 11.1. The van der Waals surface area contributed by atoms with Gasteiger partial charge in [-0.2, -0.15) is 0 Å². The quantitative estimate of drug-likeness (QED) is 0.254. The molecular weight excluding hydrogens is 523 g/mol. The highest BCUT2D eigenvalue weighted by molar-refractivity contribution is 7.21. The maximum atomic E-state index is 14.9. The Bertz CT molecular complexity index is 1660. The third-order valence-electron chi connectivity index (χ3n) is 5.54. The van der Waals surface area contributed by atoms with Crippen molar-refractivity contribution in [2.45, 2.75) is 33.8 Å². The number of thiazole rings is 1. The van der Waals surface area contributed by atoms with E-state index in [2.05, 4.69) is 30.2 Å². The van der Waals surface area contributed by atoms with Crippen LogP contribution in [0.4, 0.5) is 14.9 Å². The van der Waals surface area contributed by atoms with E-state index < -0.39 is 18.0 Å². The standard InChI is InChI=1S/C27H25FN6O4S/c1-5-36-24-12-31-25-18(6-14(2)7-21(25)33-24)26-34-20-8-19(28)22(9-23(20)39-26)38-15(3)13-37-27(35)32-17-10-29-16(4)30-11-17/h6-12,15H,5,13H2,1-4H3,(H,32,35)/t15-/m0/s1. The number of fused-ring (bicyclic) bond motifs is 2. The van der Waals surface area contributed by atoms with Gasteiger partial charge < -0.3 is 14.2 Å². The maximum Gasteiger partial charge on any atom is 0.411 e. The van der Waals surface area contributed by atoms with Crippen LogP contribution in [0, 0.1) is 19.7 Å². The van der Waals surface area contributed by atoms with Crippen LogP contribution >= 0.6 is 11.3 Å². The molecule has 12 heteroatoms. The van der Waals surface area contributed by atoms with E-state index in [0.717, 1.165) is 15.8 Å². The fourth-order valence-corrected chi connectivity index (χ4v) is 4.81. The summed E-state index contributed by atoms with van der Waals surface area (Å²) in [5.41, 5.74) is 4.06. The molecule has 200 valence electrons. The van der Waals surface area contributed by atoms with Crippen molar-refractivity contribution in [1.29, 1.82) is 0 Å². The molecule has 0 radical (unpaired) electrons. The summed E-state index contributed by atoms with van der Waals surface area (Å²) in [5.74, 6) is 0.508. The molecule has 0 aliphatic rings. The van der Waals surface area contributed by atoms with Crippen molar-refractivity contribution in [1.82, 2.24) is 24.9 Å². The molecular formula is C27H25FN6O4S. The number of aromatic nitrogens is 5. The Hall–Kier alpha value is -4.45. The van der Waals surface area contributed by atoms with Gasteiger partial charge in [0.15, 0.2) is 11.6 Å². The second-order valence-corrected chi connectivity index (χ2v) is 9.79. The number of rotatable bonds is 8. The number of aryl methyl sites for hydroxylation is 2. The maximum absolute atomic E-state index is 14.9. The van der Waals surface area contributed by atoms with E-state index in [4.69, 9.17) is 14.2 Å². The smallest absolute Gasteiger partial charge is 0.411 e. The summed E-state index contributed by atoms with van der Waals surface area (Å²) < 4.78 is 32.1. The molecule has 0 saturated carbocycles. The van der Waals surface area contributed by atoms with Crippen LogP contribution in [0.1, 0.15) is 25.2 Å². The molecule has 0 aliphatic carbocycles. The molecule has 5 aromatic rings. The summed E-state index contributed by atoms with van der Waals surface area (Å²) in [6.07, 6.45) is 3.23. The van der Waals surface area contributed by atoms with Gasteiger partial charge in [-0.1, -0.05) is 0 Å². The largest absolute Gasteiger partial charge is 0.484 e. The van der Waals surface area contributed by atoms with Gasteiger partial charge in [0, 0.05) is 17.7 Å². The molecule has 1 atom stereocenters. The summed E-state index contributed by atoms with van der Waals surface area (Å²) in [5, 5.41) is 3.21. The van der Waals surface area contributed by atoms with Gasteiger partial charge in [-0.25, -0.2) is 34.1 Å². The zero-order valence-electron chi connectivity index (χ0n) is 21.7. The minimum atomic E-state index is -0.692. The van der Waals surface area contributed by atoms with Gasteiger partial charge in [-0.05, 0) is 45.4 Å². The first kappa shape index (κ1) is 26.2. The van der Waals surface area contributed by atoms with Crippen molar-refractivity contribution >= 4 is 44.4 Å². The van der Waals surface area contributed by atoms with Crippen LogP contribution in [0.15, 0.2) is 42.9 Å². The Morgan fingerprint density at radius 2 is 1.85 bits per heavy atom. The third-order valence-corrected chi connectivity index (χ3v) is 6.59. The first-order valence-electron chi connectivity index (χ1n) is 12.2. The van der Waals surface area contributed by atoms with E-state index in [9.17, 15) is 9.18 Å². The van der Waals surface area contributed by atoms with E-state index >= 15 is 0 Å². The lowest BCUT2D eigenvalue weighted by molar-refractivity contribution is 0.0969. The Kier molecular flexibility index (Phi) is 7.46. The van der Waals surface area contributed by atoms with Crippen LogP contribution in [0.3, 0.4) is 0 Å². The van der Waals surface area contributed by atoms with Gasteiger partial charge in [0.05, 0.1) is 52.1 Å².